The summed E-state index contributed by atoms with van der Waals surface area (Å²) in [6.45, 7) is 0. The molecular weight excluding hydrogens is 372 g/mol. The third-order valence-corrected chi connectivity index (χ3v) is 5.02. The Morgan fingerprint density at radius 2 is 1.47 bits per heavy atom. The lowest BCUT2D eigenvalue weighted by Gasteiger charge is -2.30. The highest BCUT2D eigenvalue weighted by Crippen LogP contribution is 2.36. The number of rotatable bonds is 6. The normalized spacial score (nSPS) is 15.1. The van der Waals surface area contributed by atoms with E-state index in [0.29, 0.717) is 12.1 Å². The smallest absolute Gasteiger partial charge is 0.287 e. The fourth-order valence-electron chi connectivity index (χ4n) is 3.49. The summed E-state index contributed by atoms with van der Waals surface area (Å²) >= 11 is 0. The first-order valence-corrected chi connectivity index (χ1v) is 9.78. The number of carbonyl (C=O) groups excluding carboxylic acids is 1. The summed E-state index contributed by atoms with van der Waals surface area (Å²) in [5, 5.41) is 8.36. The van der Waals surface area contributed by atoms with Crippen molar-refractivity contribution in [3.05, 3.63) is 114 Å². The van der Waals surface area contributed by atoms with Gasteiger partial charge in [-0.25, -0.2) is 5.43 Å². The molecule has 1 aliphatic heterocycles. The van der Waals surface area contributed by atoms with Gasteiger partial charge >= 0.3 is 0 Å². The molecule has 0 saturated carbocycles. The van der Waals surface area contributed by atoms with Crippen molar-refractivity contribution in [3.63, 3.8) is 0 Å². The quantitative estimate of drug-likeness (QED) is 0.488. The van der Waals surface area contributed by atoms with Gasteiger partial charge in [0.25, 0.3) is 5.91 Å². The maximum Gasteiger partial charge on any atom is 0.287 e. The average Bonchev–Trinajstić information content (AvgIpc) is 3.28. The number of nitrogens with zero attached hydrogens (tertiary/aromatic N) is 2. The molecule has 3 aromatic rings. The van der Waals surface area contributed by atoms with E-state index < -0.39 is 5.54 Å². The molecule has 0 radical (unpaired) electrons. The molecule has 3 aromatic carbocycles. The maximum atomic E-state index is 12.6. The molecule has 5 heteroatoms. The van der Waals surface area contributed by atoms with E-state index in [0.717, 1.165) is 16.7 Å². The van der Waals surface area contributed by atoms with Crippen molar-refractivity contribution >= 4 is 23.9 Å². The Kier molecular flexibility index (Phi) is 5.80. The first-order chi connectivity index (χ1) is 14.8. The number of hydrogen-bond donors (Lipinski definition) is 2. The van der Waals surface area contributed by atoms with Gasteiger partial charge in [-0.3, -0.25) is 10.2 Å². The van der Waals surface area contributed by atoms with E-state index >= 15 is 0 Å². The number of benzene rings is 3. The van der Waals surface area contributed by atoms with Crippen LogP contribution in [0.5, 0.6) is 0 Å². The van der Waals surface area contributed by atoms with Crippen LogP contribution in [0.4, 0.5) is 0 Å². The summed E-state index contributed by atoms with van der Waals surface area (Å²) in [7, 11) is 0. The average molecular weight is 394 g/mol. The van der Waals surface area contributed by atoms with Crippen LogP contribution in [0.2, 0.25) is 0 Å². The van der Waals surface area contributed by atoms with Crippen LogP contribution < -0.4 is 10.9 Å². The fourth-order valence-corrected chi connectivity index (χ4v) is 3.49. The fraction of sp³-hybridized carbons (Fsp3) is 0.0800. The highest BCUT2D eigenvalue weighted by atomic mass is 16.2. The van der Waals surface area contributed by atoms with Crippen LogP contribution in [0, 0.1) is 0 Å². The number of nitrogens with one attached hydrogen (secondary N) is 2. The molecule has 1 amide bonds. The molecule has 0 fully saturated rings. The Morgan fingerprint density at radius 1 is 0.900 bits per heavy atom. The minimum absolute atomic E-state index is 0.319. The van der Waals surface area contributed by atoms with Gasteiger partial charge in [-0.05, 0) is 22.8 Å². The lowest BCUT2D eigenvalue weighted by atomic mass is 9.80. The lowest BCUT2D eigenvalue weighted by Crippen LogP contribution is -2.38. The Bertz CT molecular complexity index is 1030. The molecule has 5 nitrogen and oxygen atoms in total. The van der Waals surface area contributed by atoms with Crippen LogP contribution in [0.15, 0.2) is 107 Å². The topological polar surface area (TPSA) is 65.8 Å². The van der Waals surface area contributed by atoms with Gasteiger partial charge in [0.1, 0.15) is 11.3 Å². The second-order valence-electron chi connectivity index (χ2n) is 6.97. The Balaban J connectivity index is 1.45. The van der Waals surface area contributed by atoms with Crippen molar-refractivity contribution in [1.82, 2.24) is 10.9 Å². The number of hydrogen-bond acceptors (Lipinski definition) is 4. The zero-order valence-electron chi connectivity index (χ0n) is 16.4. The molecule has 0 aromatic heterocycles. The molecule has 4 rings (SSSR count). The molecule has 0 bridgehead atoms. The summed E-state index contributed by atoms with van der Waals surface area (Å²) < 4.78 is 0. The van der Waals surface area contributed by atoms with Gasteiger partial charge in [-0.15, -0.1) is 0 Å². The number of carbonyl (C=O) groups is 1. The third-order valence-electron chi connectivity index (χ3n) is 5.02. The van der Waals surface area contributed by atoms with E-state index in [-0.39, 0.29) is 5.91 Å². The van der Waals surface area contributed by atoms with Gasteiger partial charge in [0.2, 0.25) is 0 Å². The third kappa shape index (κ3) is 4.20. The highest BCUT2D eigenvalue weighted by molar-refractivity contribution is 6.39. The Hall–Kier alpha value is -3.99. The second kappa shape index (κ2) is 9.01. The molecule has 0 aliphatic carbocycles. The van der Waals surface area contributed by atoms with Crippen LogP contribution in [0.25, 0.3) is 6.08 Å². The van der Waals surface area contributed by atoms with E-state index in [1.165, 1.54) is 0 Å². The second-order valence-corrected chi connectivity index (χ2v) is 6.97. The molecule has 0 saturated heterocycles. The van der Waals surface area contributed by atoms with E-state index in [4.69, 9.17) is 0 Å². The van der Waals surface area contributed by atoms with Crippen molar-refractivity contribution < 1.29 is 4.79 Å². The predicted octanol–water partition coefficient (Wildman–Crippen LogP) is 4.09. The summed E-state index contributed by atoms with van der Waals surface area (Å²) in [5.74, 6) is -0.319. The van der Waals surface area contributed by atoms with Crippen molar-refractivity contribution in [1.29, 1.82) is 0 Å². The molecular formula is C25H22N4O. The van der Waals surface area contributed by atoms with E-state index in [1.807, 2.05) is 97.1 Å². The Morgan fingerprint density at radius 3 is 2.07 bits per heavy atom. The molecule has 0 unspecified atom stereocenters. The summed E-state index contributed by atoms with van der Waals surface area (Å²) in [6, 6.07) is 30.0. The van der Waals surface area contributed by atoms with E-state index in [9.17, 15) is 4.79 Å². The largest absolute Gasteiger partial charge is 0.294 e. The Labute approximate surface area is 175 Å². The molecule has 2 N–H and O–H groups in total. The van der Waals surface area contributed by atoms with Crippen molar-refractivity contribution in [2.24, 2.45) is 10.2 Å². The first kappa shape index (κ1) is 19.3. The van der Waals surface area contributed by atoms with Gasteiger partial charge in [0.05, 0.1) is 0 Å². The SMILES string of the molecule is O=C(NN=CC=Cc1ccccc1)C1=NNC(c2ccccc2)(c2ccccc2)C1. The zero-order chi connectivity index (χ0) is 20.7. The monoisotopic (exact) mass is 394 g/mol. The maximum absolute atomic E-state index is 12.6. The molecule has 30 heavy (non-hydrogen) atoms. The van der Waals surface area contributed by atoms with Crippen LogP contribution >= 0.6 is 0 Å². The molecule has 148 valence electrons. The molecule has 0 spiro atoms. The number of hydrazone groups is 2. The molecule has 0 atom stereocenters. The van der Waals surface area contributed by atoms with Gasteiger partial charge in [-0.2, -0.15) is 10.2 Å². The van der Waals surface area contributed by atoms with Crippen LogP contribution in [-0.4, -0.2) is 17.8 Å². The standard InChI is InChI=1S/C25H22N4O/c30-24(28-26-18-10-13-20-11-4-1-5-12-20)23-19-25(29-27-23,21-14-6-2-7-15-21)22-16-8-3-9-17-22/h1-18,29H,19H2,(H,28,30). The van der Waals surface area contributed by atoms with Gasteiger partial charge in [0, 0.05) is 12.6 Å². The molecule has 1 heterocycles. The number of allylic oxidation sites excluding steroid dienone is 1. The van der Waals surface area contributed by atoms with E-state index in [1.54, 1.807) is 12.3 Å². The molecule has 1 aliphatic rings. The van der Waals surface area contributed by atoms with Gasteiger partial charge in [0.15, 0.2) is 0 Å². The van der Waals surface area contributed by atoms with Gasteiger partial charge < -0.3 is 0 Å². The van der Waals surface area contributed by atoms with Crippen molar-refractivity contribution in [2.45, 2.75) is 12.0 Å². The van der Waals surface area contributed by atoms with Crippen molar-refractivity contribution in [3.8, 4) is 0 Å². The predicted molar refractivity (Wildman–Crippen MR) is 121 cm³/mol. The number of amides is 1. The minimum atomic E-state index is -0.577. The summed E-state index contributed by atoms with van der Waals surface area (Å²) in [4.78, 5) is 12.6. The van der Waals surface area contributed by atoms with Crippen LogP contribution in [0.1, 0.15) is 23.1 Å². The minimum Gasteiger partial charge on any atom is -0.294 e. The van der Waals surface area contributed by atoms with Crippen LogP contribution in [0.3, 0.4) is 0 Å². The van der Waals surface area contributed by atoms with Crippen LogP contribution in [-0.2, 0) is 10.3 Å². The highest BCUT2D eigenvalue weighted by Gasteiger charge is 2.41. The summed E-state index contributed by atoms with van der Waals surface area (Å²) in [5.41, 5.74) is 8.78. The van der Waals surface area contributed by atoms with Gasteiger partial charge in [-0.1, -0.05) is 97.1 Å². The van der Waals surface area contributed by atoms with E-state index in [2.05, 4.69) is 21.1 Å². The van der Waals surface area contributed by atoms with Crippen molar-refractivity contribution in [2.75, 3.05) is 0 Å². The first-order valence-electron chi connectivity index (χ1n) is 9.78. The zero-order valence-corrected chi connectivity index (χ0v) is 16.4. The summed E-state index contributed by atoms with van der Waals surface area (Å²) in [6.07, 6.45) is 5.68. The lowest BCUT2D eigenvalue weighted by molar-refractivity contribution is -0.114.